The van der Waals surface area contributed by atoms with Crippen molar-refractivity contribution >= 4 is 34.1 Å². The van der Waals surface area contributed by atoms with E-state index in [0.29, 0.717) is 4.90 Å². The fraction of sp³-hybridized carbons (Fsp3) is 0. The third kappa shape index (κ3) is 2.06. The molecule has 5 nitrogen and oxygen atoms in total. The fourth-order valence-corrected chi connectivity index (χ4v) is 1.66. The van der Waals surface area contributed by atoms with E-state index in [-0.39, 0.29) is 11.4 Å². The van der Waals surface area contributed by atoms with Crippen molar-refractivity contribution in [3.05, 3.63) is 12.1 Å². The Morgan fingerprint density at radius 3 is 2.23 bits per heavy atom. The fourth-order valence-electron chi connectivity index (χ4n) is 0.824. The van der Waals surface area contributed by atoms with Crippen LogP contribution >= 0.6 is 12.6 Å². The minimum atomic E-state index is -4.31. The van der Waals surface area contributed by atoms with Crippen molar-refractivity contribution in [3.8, 4) is 0 Å². The average molecular weight is 220 g/mol. The molecule has 0 radical (unpaired) electrons. The average Bonchev–Trinajstić information content (AvgIpc) is 1.94. The molecule has 72 valence electrons. The van der Waals surface area contributed by atoms with E-state index in [9.17, 15) is 8.42 Å². The maximum Gasteiger partial charge on any atom is 0.296 e. The number of benzene rings is 1. The monoisotopic (exact) mass is 220 g/mol. The van der Waals surface area contributed by atoms with Crippen LogP contribution in [0.25, 0.3) is 0 Å². The number of hydrogen-bond donors (Lipinski definition) is 4. The molecule has 0 atom stereocenters. The third-order valence-corrected chi connectivity index (χ3v) is 2.73. The molecular formula is C6H8N2O3S2. The molecule has 0 unspecified atom stereocenters. The van der Waals surface area contributed by atoms with Crippen LogP contribution in [0.5, 0.6) is 0 Å². The van der Waals surface area contributed by atoms with Crippen LogP contribution in [0.3, 0.4) is 0 Å². The number of hydrogen-bond acceptors (Lipinski definition) is 5. The molecular weight excluding hydrogens is 212 g/mol. The molecule has 0 saturated carbocycles. The first-order chi connectivity index (χ1) is 5.82. The van der Waals surface area contributed by atoms with E-state index in [1.807, 2.05) is 0 Å². The first-order valence-corrected chi connectivity index (χ1v) is 5.06. The Balaban J connectivity index is 3.50. The molecule has 0 heterocycles. The highest BCUT2D eigenvalue weighted by Crippen LogP contribution is 2.26. The molecule has 0 aliphatic rings. The summed E-state index contributed by atoms with van der Waals surface area (Å²) in [5.74, 6) is 0. The second-order valence-electron chi connectivity index (χ2n) is 2.42. The highest BCUT2D eigenvalue weighted by molar-refractivity contribution is 7.86. The maximum atomic E-state index is 10.7. The largest absolute Gasteiger partial charge is 0.398 e. The van der Waals surface area contributed by atoms with Gasteiger partial charge in [0.15, 0.2) is 0 Å². The smallest absolute Gasteiger partial charge is 0.296 e. The summed E-state index contributed by atoms with van der Waals surface area (Å²) < 4.78 is 30.1. The number of nitrogens with two attached hydrogens (primary N) is 2. The predicted octanol–water partition coefficient (Wildman–Crippen LogP) is 0.386. The zero-order chi connectivity index (χ0) is 10.2. The Labute approximate surface area is 80.9 Å². The van der Waals surface area contributed by atoms with Crippen molar-refractivity contribution in [2.45, 2.75) is 9.79 Å². The van der Waals surface area contributed by atoms with Gasteiger partial charge in [-0.3, -0.25) is 4.55 Å². The van der Waals surface area contributed by atoms with Gasteiger partial charge in [-0.15, -0.1) is 12.6 Å². The van der Waals surface area contributed by atoms with Crippen LogP contribution in [-0.2, 0) is 10.1 Å². The lowest BCUT2D eigenvalue weighted by Gasteiger charge is -2.05. The molecule has 0 fully saturated rings. The van der Waals surface area contributed by atoms with Crippen LogP contribution in [0.2, 0.25) is 0 Å². The minimum absolute atomic E-state index is 0.0818. The van der Waals surface area contributed by atoms with Gasteiger partial charge in [0.2, 0.25) is 0 Å². The van der Waals surface area contributed by atoms with Gasteiger partial charge in [0.05, 0.1) is 5.69 Å². The summed E-state index contributed by atoms with van der Waals surface area (Å²) >= 11 is 3.93. The van der Waals surface area contributed by atoms with Gasteiger partial charge >= 0.3 is 0 Å². The van der Waals surface area contributed by atoms with Crippen LogP contribution in [0.15, 0.2) is 21.9 Å². The number of rotatable bonds is 1. The Hall–Kier alpha value is -0.920. The molecule has 0 bridgehead atoms. The van der Waals surface area contributed by atoms with E-state index in [0.717, 1.165) is 6.07 Å². The van der Waals surface area contributed by atoms with Crippen molar-refractivity contribution in [1.82, 2.24) is 0 Å². The van der Waals surface area contributed by atoms with E-state index in [4.69, 9.17) is 16.0 Å². The van der Waals surface area contributed by atoms with Gasteiger partial charge in [0.1, 0.15) is 4.90 Å². The zero-order valence-corrected chi connectivity index (χ0v) is 8.14. The van der Waals surface area contributed by atoms with Gasteiger partial charge in [-0.1, -0.05) is 0 Å². The summed E-state index contributed by atoms with van der Waals surface area (Å²) in [6, 6.07) is 2.33. The van der Waals surface area contributed by atoms with Gasteiger partial charge in [-0.25, -0.2) is 0 Å². The Morgan fingerprint density at radius 1 is 1.23 bits per heavy atom. The molecule has 0 saturated heterocycles. The van der Waals surface area contributed by atoms with Gasteiger partial charge in [0, 0.05) is 10.6 Å². The quantitative estimate of drug-likeness (QED) is 0.311. The first kappa shape index (κ1) is 10.2. The minimum Gasteiger partial charge on any atom is -0.398 e. The second-order valence-corrected chi connectivity index (χ2v) is 4.30. The van der Waals surface area contributed by atoms with E-state index in [2.05, 4.69) is 12.6 Å². The van der Waals surface area contributed by atoms with Crippen LogP contribution in [0.1, 0.15) is 0 Å². The Morgan fingerprint density at radius 2 is 1.77 bits per heavy atom. The highest BCUT2D eigenvalue weighted by atomic mass is 32.2. The van der Waals surface area contributed by atoms with Crippen molar-refractivity contribution in [1.29, 1.82) is 0 Å². The van der Waals surface area contributed by atoms with Crippen molar-refractivity contribution < 1.29 is 13.0 Å². The van der Waals surface area contributed by atoms with Crippen LogP contribution in [0.4, 0.5) is 11.4 Å². The van der Waals surface area contributed by atoms with Crippen LogP contribution in [-0.4, -0.2) is 13.0 Å². The standard InChI is InChI=1S/C6H8N2O3S2/c7-3-2-6(13(9,10)11)4(8)1-5(3)12/h1-2,12H,7-8H2,(H,9,10,11). The van der Waals surface area contributed by atoms with Gasteiger partial charge in [0.25, 0.3) is 10.1 Å². The lowest BCUT2D eigenvalue weighted by molar-refractivity contribution is 0.483. The SMILES string of the molecule is Nc1cc(S(=O)(=O)O)c(N)cc1S. The van der Waals surface area contributed by atoms with Crippen molar-refractivity contribution in [2.75, 3.05) is 11.5 Å². The number of nitrogen functional groups attached to an aromatic ring is 2. The molecule has 0 aliphatic heterocycles. The predicted molar refractivity (Wildman–Crippen MR) is 52.3 cm³/mol. The zero-order valence-electron chi connectivity index (χ0n) is 6.43. The molecule has 1 rings (SSSR count). The summed E-state index contributed by atoms with van der Waals surface area (Å²) in [6.07, 6.45) is 0. The Bertz CT molecular complexity index is 441. The summed E-state index contributed by atoms with van der Waals surface area (Å²) in [4.78, 5) is -0.0345. The molecule has 5 N–H and O–H groups in total. The normalized spacial score (nSPS) is 11.5. The Kier molecular flexibility index (Phi) is 2.42. The molecule has 13 heavy (non-hydrogen) atoms. The highest BCUT2D eigenvalue weighted by Gasteiger charge is 2.15. The summed E-state index contributed by atoms with van der Waals surface area (Å²) in [5.41, 5.74) is 10.8. The number of anilines is 2. The van der Waals surface area contributed by atoms with E-state index in [1.165, 1.54) is 6.07 Å². The molecule has 0 amide bonds. The van der Waals surface area contributed by atoms with Crippen LogP contribution < -0.4 is 11.5 Å². The lowest BCUT2D eigenvalue weighted by atomic mass is 10.3. The maximum absolute atomic E-state index is 10.7. The third-order valence-electron chi connectivity index (χ3n) is 1.44. The van der Waals surface area contributed by atoms with Crippen LogP contribution in [0, 0.1) is 0 Å². The van der Waals surface area contributed by atoms with Gasteiger partial charge < -0.3 is 11.5 Å². The molecule has 1 aromatic rings. The van der Waals surface area contributed by atoms with Gasteiger partial charge in [-0.2, -0.15) is 8.42 Å². The van der Waals surface area contributed by atoms with E-state index in [1.54, 1.807) is 0 Å². The van der Waals surface area contributed by atoms with Crippen molar-refractivity contribution in [2.24, 2.45) is 0 Å². The lowest BCUT2D eigenvalue weighted by Crippen LogP contribution is -2.04. The molecule has 0 aliphatic carbocycles. The van der Waals surface area contributed by atoms with E-state index >= 15 is 0 Å². The molecule has 1 aromatic carbocycles. The summed E-state index contributed by atoms with van der Waals surface area (Å²) in [5, 5.41) is 0. The van der Waals surface area contributed by atoms with E-state index < -0.39 is 15.0 Å². The second kappa shape index (κ2) is 3.09. The molecule has 0 aromatic heterocycles. The first-order valence-electron chi connectivity index (χ1n) is 3.18. The van der Waals surface area contributed by atoms with Gasteiger partial charge in [-0.05, 0) is 12.1 Å². The number of thiol groups is 1. The summed E-state index contributed by atoms with van der Waals surface area (Å²) in [7, 11) is -4.31. The topological polar surface area (TPSA) is 106 Å². The van der Waals surface area contributed by atoms with Crippen molar-refractivity contribution in [3.63, 3.8) is 0 Å². The molecule has 0 spiro atoms. The molecule has 7 heteroatoms. The summed E-state index contributed by atoms with van der Waals surface area (Å²) in [6.45, 7) is 0.